The van der Waals surface area contributed by atoms with Crippen molar-refractivity contribution < 1.29 is 5.11 Å². The monoisotopic (exact) mass is 275 g/mol. The van der Waals surface area contributed by atoms with E-state index in [0.717, 1.165) is 32.2 Å². The van der Waals surface area contributed by atoms with Crippen molar-refractivity contribution in [3.63, 3.8) is 0 Å². The molecule has 0 amide bonds. The van der Waals surface area contributed by atoms with E-state index in [1.807, 2.05) is 24.3 Å². The van der Waals surface area contributed by atoms with Crippen LogP contribution >= 0.6 is 15.9 Å². The van der Waals surface area contributed by atoms with Crippen molar-refractivity contribution in [2.24, 2.45) is 0 Å². The molecule has 80 valence electrons. The second kappa shape index (κ2) is 3.40. The number of benzene rings is 1. The van der Waals surface area contributed by atoms with E-state index in [1.165, 1.54) is 0 Å². The predicted octanol–water partition coefficient (Wildman–Crippen LogP) is 3.45. The first-order valence-corrected chi connectivity index (χ1v) is 5.91. The first-order valence-electron chi connectivity index (χ1n) is 5.11. The summed E-state index contributed by atoms with van der Waals surface area (Å²) in [5.41, 5.74) is 3.63. The lowest BCUT2D eigenvalue weighted by Gasteiger charge is -2.05. The molecule has 1 aromatic carbocycles. The number of hydrogen-bond acceptors (Lipinski definition) is 2. The summed E-state index contributed by atoms with van der Waals surface area (Å²) >= 11 is 3.43. The smallest absolute Gasteiger partial charge is 0.0852 e. The Balaban J connectivity index is 2.34. The van der Waals surface area contributed by atoms with E-state index in [4.69, 9.17) is 0 Å². The Hall–Kier alpha value is -1.19. The van der Waals surface area contributed by atoms with Crippen LogP contribution in [-0.2, 0) is 0 Å². The van der Waals surface area contributed by atoms with E-state index in [1.54, 1.807) is 0 Å². The molecule has 1 atom stereocenters. The van der Waals surface area contributed by atoms with Crippen LogP contribution in [0, 0.1) is 0 Å². The van der Waals surface area contributed by atoms with Crippen molar-refractivity contribution in [2.75, 3.05) is 0 Å². The quantitative estimate of drug-likeness (QED) is 0.799. The minimum absolute atomic E-state index is 0.446. The standard InChI is InChI=1S/C13H10BrNO/c1-7-4-12(16)10-6-8-5-9(14)2-3-11(8)15-13(7)10/h2-3,5-6,12,16H,1,4H2. The average molecular weight is 276 g/mol. The van der Waals surface area contributed by atoms with Gasteiger partial charge in [-0.1, -0.05) is 22.5 Å². The first-order chi connectivity index (χ1) is 7.65. The maximum absolute atomic E-state index is 9.87. The van der Waals surface area contributed by atoms with Crippen LogP contribution in [0.15, 0.2) is 35.3 Å². The van der Waals surface area contributed by atoms with Crippen LogP contribution < -0.4 is 0 Å². The molecule has 0 aliphatic heterocycles. The number of nitrogens with zero attached hydrogens (tertiary/aromatic N) is 1. The van der Waals surface area contributed by atoms with E-state index in [-0.39, 0.29) is 0 Å². The highest BCUT2D eigenvalue weighted by Gasteiger charge is 2.25. The Bertz CT molecular complexity index is 606. The topological polar surface area (TPSA) is 33.1 Å². The van der Waals surface area contributed by atoms with Crippen LogP contribution in [0.3, 0.4) is 0 Å². The van der Waals surface area contributed by atoms with E-state index in [9.17, 15) is 5.11 Å². The molecule has 1 heterocycles. The maximum atomic E-state index is 9.87. The highest BCUT2D eigenvalue weighted by Crippen LogP contribution is 2.38. The van der Waals surface area contributed by atoms with Gasteiger partial charge >= 0.3 is 0 Å². The number of aliphatic hydroxyl groups excluding tert-OH is 1. The third kappa shape index (κ3) is 1.39. The second-order valence-electron chi connectivity index (χ2n) is 4.09. The van der Waals surface area contributed by atoms with Crippen molar-refractivity contribution in [1.29, 1.82) is 0 Å². The molecule has 2 aromatic rings. The number of aliphatic hydroxyl groups is 1. The Morgan fingerprint density at radius 2 is 2.19 bits per heavy atom. The summed E-state index contributed by atoms with van der Waals surface area (Å²) in [7, 11) is 0. The van der Waals surface area contributed by atoms with Crippen LogP contribution in [0.1, 0.15) is 23.8 Å². The van der Waals surface area contributed by atoms with Crippen molar-refractivity contribution in [3.8, 4) is 0 Å². The van der Waals surface area contributed by atoms with Gasteiger partial charge in [0, 0.05) is 21.8 Å². The lowest BCUT2D eigenvalue weighted by molar-refractivity contribution is 0.190. The molecule has 3 heteroatoms. The molecule has 0 fully saturated rings. The summed E-state index contributed by atoms with van der Waals surface area (Å²) in [6, 6.07) is 7.95. The van der Waals surface area contributed by atoms with Gasteiger partial charge in [-0.05, 0) is 29.8 Å². The summed E-state index contributed by atoms with van der Waals surface area (Å²) in [5.74, 6) is 0. The van der Waals surface area contributed by atoms with Gasteiger partial charge in [0.05, 0.1) is 17.3 Å². The van der Waals surface area contributed by atoms with E-state index >= 15 is 0 Å². The fraction of sp³-hybridized carbons (Fsp3) is 0.154. The molecule has 0 saturated carbocycles. The molecule has 0 saturated heterocycles. The molecule has 1 aliphatic carbocycles. The van der Waals surface area contributed by atoms with Gasteiger partial charge in [-0.25, -0.2) is 4.98 Å². The van der Waals surface area contributed by atoms with Gasteiger partial charge in [0.25, 0.3) is 0 Å². The van der Waals surface area contributed by atoms with Gasteiger partial charge in [0.15, 0.2) is 0 Å². The normalized spacial score (nSPS) is 19.1. The van der Waals surface area contributed by atoms with Crippen LogP contribution in [0.4, 0.5) is 0 Å². The first kappa shape index (κ1) is 10.00. The number of rotatable bonds is 0. The molecule has 1 aliphatic rings. The zero-order valence-electron chi connectivity index (χ0n) is 8.57. The molecular weight excluding hydrogens is 266 g/mol. The lowest BCUT2D eigenvalue weighted by atomic mass is 10.1. The van der Waals surface area contributed by atoms with Gasteiger partial charge in [0.1, 0.15) is 0 Å². The number of halogens is 1. The zero-order valence-corrected chi connectivity index (χ0v) is 10.2. The Labute approximate surface area is 102 Å². The molecule has 3 rings (SSSR count). The molecule has 1 N–H and O–H groups in total. The zero-order chi connectivity index (χ0) is 11.3. The minimum atomic E-state index is -0.446. The Kier molecular flexibility index (Phi) is 2.13. The van der Waals surface area contributed by atoms with Crippen LogP contribution in [0.25, 0.3) is 16.5 Å². The average Bonchev–Trinajstić information content (AvgIpc) is 2.52. The van der Waals surface area contributed by atoms with Gasteiger partial charge in [-0.3, -0.25) is 0 Å². The summed E-state index contributed by atoms with van der Waals surface area (Å²) < 4.78 is 1.02. The highest BCUT2D eigenvalue weighted by molar-refractivity contribution is 9.10. The molecule has 1 aromatic heterocycles. The van der Waals surface area contributed by atoms with Crippen molar-refractivity contribution in [3.05, 3.63) is 46.6 Å². The molecular formula is C13H10BrNO. The van der Waals surface area contributed by atoms with Crippen molar-refractivity contribution in [2.45, 2.75) is 12.5 Å². The SMILES string of the molecule is C=C1CC(O)c2cc3cc(Br)ccc3nc21. The molecule has 16 heavy (non-hydrogen) atoms. The molecule has 2 nitrogen and oxygen atoms in total. The summed E-state index contributed by atoms with van der Waals surface area (Å²) in [6.45, 7) is 3.94. The fourth-order valence-corrected chi connectivity index (χ4v) is 2.52. The fourth-order valence-electron chi connectivity index (χ4n) is 2.14. The molecule has 0 bridgehead atoms. The highest BCUT2D eigenvalue weighted by atomic mass is 79.9. The number of hydrogen-bond donors (Lipinski definition) is 1. The molecule has 1 unspecified atom stereocenters. The predicted molar refractivity (Wildman–Crippen MR) is 68.1 cm³/mol. The third-order valence-electron chi connectivity index (χ3n) is 2.94. The minimum Gasteiger partial charge on any atom is -0.388 e. The number of fused-ring (bicyclic) bond motifs is 2. The van der Waals surface area contributed by atoms with Crippen molar-refractivity contribution in [1.82, 2.24) is 4.98 Å². The van der Waals surface area contributed by atoms with E-state index in [2.05, 4.69) is 27.5 Å². The maximum Gasteiger partial charge on any atom is 0.0852 e. The Morgan fingerprint density at radius 1 is 1.38 bits per heavy atom. The Morgan fingerprint density at radius 3 is 3.00 bits per heavy atom. The number of pyridine rings is 1. The molecule has 0 radical (unpaired) electrons. The van der Waals surface area contributed by atoms with E-state index in [0.29, 0.717) is 6.42 Å². The van der Waals surface area contributed by atoms with Gasteiger partial charge < -0.3 is 5.11 Å². The second-order valence-corrected chi connectivity index (χ2v) is 5.00. The lowest BCUT2D eigenvalue weighted by Crippen LogP contribution is -1.92. The van der Waals surface area contributed by atoms with Gasteiger partial charge in [0.2, 0.25) is 0 Å². The summed E-state index contributed by atoms with van der Waals surface area (Å²) in [5, 5.41) is 10.9. The van der Waals surface area contributed by atoms with Gasteiger partial charge in [-0.15, -0.1) is 0 Å². The van der Waals surface area contributed by atoms with Crippen LogP contribution in [-0.4, -0.2) is 10.1 Å². The van der Waals surface area contributed by atoms with E-state index < -0.39 is 6.10 Å². The summed E-state index contributed by atoms with van der Waals surface area (Å²) in [4.78, 5) is 4.55. The van der Waals surface area contributed by atoms with Gasteiger partial charge in [-0.2, -0.15) is 0 Å². The van der Waals surface area contributed by atoms with Crippen molar-refractivity contribution >= 4 is 32.4 Å². The third-order valence-corrected chi connectivity index (χ3v) is 3.43. The van der Waals surface area contributed by atoms with Crippen LogP contribution in [0.2, 0.25) is 0 Å². The molecule has 0 spiro atoms. The largest absolute Gasteiger partial charge is 0.388 e. The van der Waals surface area contributed by atoms with Crippen LogP contribution in [0.5, 0.6) is 0 Å². The summed E-state index contributed by atoms with van der Waals surface area (Å²) in [6.07, 6.45) is 0.151. The number of aromatic nitrogens is 1.